The summed E-state index contributed by atoms with van der Waals surface area (Å²) in [6.45, 7) is 4.05. The van der Waals surface area contributed by atoms with Gasteiger partial charge in [0, 0.05) is 30.2 Å². The number of nitrogens with one attached hydrogen (secondary N) is 2. The third kappa shape index (κ3) is 3.40. The lowest BCUT2D eigenvalue weighted by molar-refractivity contribution is 0.0981. The van der Waals surface area contributed by atoms with Crippen LogP contribution in [0.25, 0.3) is 0 Å². The van der Waals surface area contributed by atoms with Crippen molar-refractivity contribution in [1.82, 2.24) is 9.71 Å². The van der Waals surface area contributed by atoms with Crippen molar-refractivity contribution in [3.63, 3.8) is 0 Å². The molecule has 4 N–H and O–H groups in total. The molecule has 25 heavy (non-hydrogen) atoms. The van der Waals surface area contributed by atoms with Gasteiger partial charge in [-0.1, -0.05) is 6.07 Å². The Labute approximate surface area is 147 Å². The van der Waals surface area contributed by atoms with Crippen LogP contribution in [-0.2, 0) is 16.4 Å². The topological polar surface area (TPSA) is 108 Å². The summed E-state index contributed by atoms with van der Waals surface area (Å²) < 4.78 is 27.0. The Bertz CT molecular complexity index is 902. The number of carbonyl (C=O) groups excluding carboxylic acids is 1. The molecule has 1 amide bonds. The number of amides is 1. The number of carbonyl (C=O) groups is 1. The van der Waals surface area contributed by atoms with E-state index in [1.807, 2.05) is 18.2 Å². The van der Waals surface area contributed by atoms with Crippen molar-refractivity contribution >= 4 is 27.3 Å². The van der Waals surface area contributed by atoms with Crippen LogP contribution in [0.15, 0.2) is 35.4 Å². The van der Waals surface area contributed by atoms with Gasteiger partial charge in [-0.3, -0.25) is 4.79 Å². The molecule has 0 saturated carbocycles. The standard InChI is InChI=1S/C17H22N4O3S/c1-11(2)20-25(23,24)12-9-15(19-10-12)17(22)21-8-4-5-13-14(18)6-3-7-16(13)21/h3,6-7,9-11,19-20H,4-5,8,18H2,1-2H3. The van der Waals surface area contributed by atoms with Gasteiger partial charge in [0.1, 0.15) is 10.6 Å². The first-order valence-corrected chi connectivity index (χ1v) is 9.68. The quantitative estimate of drug-likeness (QED) is 0.722. The molecule has 1 aliphatic heterocycles. The summed E-state index contributed by atoms with van der Waals surface area (Å²) in [4.78, 5) is 17.4. The van der Waals surface area contributed by atoms with Crippen LogP contribution in [0, 0.1) is 0 Å². The molecule has 8 heteroatoms. The number of hydrogen-bond donors (Lipinski definition) is 3. The SMILES string of the molecule is CC(C)NS(=O)(=O)c1c[nH]c(C(=O)N2CCCc3c(N)cccc32)c1. The maximum absolute atomic E-state index is 12.9. The van der Waals surface area contributed by atoms with Gasteiger partial charge < -0.3 is 15.6 Å². The molecule has 0 saturated heterocycles. The summed E-state index contributed by atoms with van der Waals surface area (Å²) >= 11 is 0. The van der Waals surface area contributed by atoms with Crippen LogP contribution < -0.4 is 15.4 Å². The van der Waals surface area contributed by atoms with E-state index >= 15 is 0 Å². The van der Waals surface area contributed by atoms with Crippen molar-refractivity contribution in [2.24, 2.45) is 0 Å². The number of nitrogen functional groups attached to an aromatic ring is 1. The van der Waals surface area contributed by atoms with Crippen LogP contribution >= 0.6 is 0 Å². The molecule has 1 aromatic carbocycles. The Kier molecular flexibility index (Phi) is 4.57. The van der Waals surface area contributed by atoms with Crippen molar-refractivity contribution in [3.8, 4) is 0 Å². The number of anilines is 2. The summed E-state index contributed by atoms with van der Waals surface area (Å²) in [7, 11) is -3.64. The Morgan fingerprint density at radius 3 is 2.84 bits per heavy atom. The van der Waals surface area contributed by atoms with Crippen molar-refractivity contribution in [2.75, 3.05) is 17.2 Å². The second-order valence-electron chi connectivity index (χ2n) is 6.43. The highest BCUT2D eigenvalue weighted by molar-refractivity contribution is 7.89. The van der Waals surface area contributed by atoms with E-state index in [9.17, 15) is 13.2 Å². The number of benzene rings is 1. The number of nitrogens with zero attached hydrogens (tertiary/aromatic N) is 1. The maximum Gasteiger partial charge on any atom is 0.274 e. The van der Waals surface area contributed by atoms with Crippen LogP contribution in [0.1, 0.15) is 36.3 Å². The number of aromatic nitrogens is 1. The van der Waals surface area contributed by atoms with Crippen molar-refractivity contribution in [2.45, 2.75) is 37.6 Å². The fourth-order valence-corrected chi connectivity index (χ4v) is 4.28. The molecular formula is C17H22N4O3S. The highest BCUT2D eigenvalue weighted by Gasteiger charge is 2.27. The van der Waals surface area contributed by atoms with E-state index in [-0.39, 0.29) is 22.5 Å². The highest BCUT2D eigenvalue weighted by atomic mass is 32.2. The molecule has 134 valence electrons. The van der Waals surface area contributed by atoms with Gasteiger partial charge in [0.25, 0.3) is 5.91 Å². The number of sulfonamides is 1. The van der Waals surface area contributed by atoms with Crippen LogP contribution in [-0.4, -0.2) is 31.9 Å². The highest BCUT2D eigenvalue weighted by Crippen LogP contribution is 2.32. The minimum atomic E-state index is -3.64. The van der Waals surface area contributed by atoms with E-state index in [0.29, 0.717) is 12.2 Å². The third-order valence-electron chi connectivity index (χ3n) is 4.12. The summed E-state index contributed by atoms with van der Waals surface area (Å²) in [6, 6.07) is 6.65. The monoisotopic (exact) mass is 362 g/mol. The van der Waals surface area contributed by atoms with Gasteiger partial charge in [0.15, 0.2) is 0 Å². The van der Waals surface area contributed by atoms with E-state index in [1.54, 1.807) is 18.7 Å². The van der Waals surface area contributed by atoms with Crippen LogP contribution in [0.3, 0.4) is 0 Å². The average molecular weight is 362 g/mol. The molecule has 7 nitrogen and oxygen atoms in total. The number of H-pyrrole nitrogens is 1. The Balaban J connectivity index is 1.90. The molecule has 0 fully saturated rings. The van der Waals surface area contributed by atoms with Crippen LogP contribution in [0.5, 0.6) is 0 Å². The maximum atomic E-state index is 12.9. The first-order valence-electron chi connectivity index (χ1n) is 8.19. The normalized spacial score (nSPS) is 14.6. The lowest BCUT2D eigenvalue weighted by atomic mass is 9.99. The van der Waals surface area contributed by atoms with Gasteiger partial charge >= 0.3 is 0 Å². The molecule has 0 bridgehead atoms. The first-order chi connectivity index (χ1) is 11.8. The number of hydrogen-bond acceptors (Lipinski definition) is 4. The van der Waals surface area contributed by atoms with Crippen molar-refractivity contribution in [1.29, 1.82) is 0 Å². The Morgan fingerprint density at radius 1 is 1.36 bits per heavy atom. The Hall–Kier alpha value is -2.32. The van der Waals surface area contributed by atoms with Gasteiger partial charge in [0.05, 0.1) is 0 Å². The van der Waals surface area contributed by atoms with Gasteiger partial charge in [-0.05, 0) is 50.5 Å². The smallest absolute Gasteiger partial charge is 0.274 e. The predicted molar refractivity (Wildman–Crippen MR) is 97.1 cm³/mol. The van der Waals surface area contributed by atoms with Gasteiger partial charge in [-0.25, -0.2) is 13.1 Å². The zero-order chi connectivity index (χ0) is 18.2. The second-order valence-corrected chi connectivity index (χ2v) is 8.14. The van der Waals surface area contributed by atoms with Crippen molar-refractivity contribution < 1.29 is 13.2 Å². The largest absolute Gasteiger partial charge is 0.398 e. The Morgan fingerprint density at radius 2 is 2.12 bits per heavy atom. The van der Waals surface area contributed by atoms with Gasteiger partial charge in [0.2, 0.25) is 10.0 Å². The third-order valence-corrected chi connectivity index (χ3v) is 5.76. The number of fused-ring (bicyclic) bond motifs is 1. The fourth-order valence-electron chi connectivity index (χ4n) is 3.04. The van der Waals surface area contributed by atoms with Crippen LogP contribution in [0.2, 0.25) is 0 Å². The number of rotatable bonds is 4. The van der Waals surface area contributed by atoms with E-state index in [2.05, 4.69) is 9.71 Å². The van der Waals surface area contributed by atoms with Gasteiger partial charge in [-0.15, -0.1) is 0 Å². The molecule has 1 aromatic heterocycles. The molecule has 3 rings (SSSR count). The predicted octanol–water partition coefficient (Wildman–Crippen LogP) is 1.88. The minimum absolute atomic E-state index is 0.0503. The molecule has 0 spiro atoms. The summed E-state index contributed by atoms with van der Waals surface area (Å²) in [5.74, 6) is -0.266. The number of aromatic amines is 1. The average Bonchev–Trinajstić information content (AvgIpc) is 3.04. The molecule has 2 heterocycles. The molecule has 0 unspecified atom stereocenters. The number of nitrogens with two attached hydrogens (primary N) is 1. The van der Waals surface area contributed by atoms with Crippen LogP contribution in [0.4, 0.5) is 11.4 Å². The minimum Gasteiger partial charge on any atom is -0.398 e. The summed E-state index contributed by atoms with van der Waals surface area (Å²) in [6.07, 6.45) is 2.98. The lowest BCUT2D eigenvalue weighted by Crippen LogP contribution is -2.36. The molecule has 2 aromatic rings. The second kappa shape index (κ2) is 6.53. The fraction of sp³-hybridized carbons (Fsp3) is 0.353. The van der Waals surface area contributed by atoms with E-state index < -0.39 is 10.0 Å². The lowest BCUT2D eigenvalue weighted by Gasteiger charge is -2.30. The van der Waals surface area contributed by atoms with E-state index in [1.165, 1.54) is 12.3 Å². The molecule has 0 radical (unpaired) electrons. The van der Waals surface area contributed by atoms with Gasteiger partial charge in [-0.2, -0.15) is 0 Å². The first kappa shape index (κ1) is 17.5. The zero-order valence-electron chi connectivity index (χ0n) is 14.2. The molecule has 1 aliphatic rings. The summed E-state index contributed by atoms with van der Waals surface area (Å²) in [5, 5.41) is 0. The molecule has 0 atom stereocenters. The van der Waals surface area contributed by atoms with E-state index in [0.717, 1.165) is 24.1 Å². The van der Waals surface area contributed by atoms with Crippen molar-refractivity contribution in [3.05, 3.63) is 41.7 Å². The van der Waals surface area contributed by atoms with E-state index in [4.69, 9.17) is 5.73 Å². The zero-order valence-corrected chi connectivity index (χ0v) is 15.1. The summed E-state index contributed by atoms with van der Waals surface area (Å²) in [5.41, 5.74) is 8.67. The molecule has 0 aliphatic carbocycles. The molecular weight excluding hydrogens is 340 g/mol.